The van der Waals surface area contributed by atoms with E-state index < -0.39 is 0 Å². The summed E-state index contributed by atoms with van der Waals surface area (Å²) >= 11 is 0. The number of fused-ring (bicyclic) bond motifs is 1. The second kappa shape index (κ2) is 5.16. The van der Waals surface area contributed by atoms with Crippen molar-refractivity contribution in [2.24, 2.45) is 5.73 Å². The van der Waals surface area contributed by atoms with Gasteiger partial charge in [-0.15, -0.1) is 0 Å². The number of ether oxygens (including phenoxy) is 2. The van der Waals surface area contributed by atoms with Gasteiger partial charge in [0.25, 0.3) is 0 Å². The van der Waals surface area contributed by atoms with E-state index in [1.807, 2.05) is 12.1 Å². The summed E-state index contributed by atoms with van der Waals surface area (Å²) in [5.74, 6) is 1.27. The molecule has 0 bridgehead atoms. The minimum Gasteiger partial charge on any atom is -0.497 e. The maximum atomic E-state index is 5.95. The lowest BCUT2D eigenvalue weighted by atomic mass is 10.2. The molecule has 1 aromatic carbocycles. The van der Waals surface area contributed by atoms with Crippen LogP contribution in [0.25, 0.3) is 11.1 Å². The van der Waals surface area contributed by atoms with Crippen molar-refractivity contribution in [3.8, 4) is 5.75 Å². The van der Waals surface area contributed by atoms with Gasteiger partial charge in [-0.3, -0.25) is 0 Å². The molecular weight excluding hydrogens is 220 g/mol. The Morgan fingerprint density at radius 3 is 2.94 bits per heavy atom. The lowest BCUT2D eigenvalue weighted by Crippen LogP contribution is -2.12. The molecule has 0 aliphatic heterocycles. The molecule has 2 N–H and O–H groups in total. The number of nitrogens with two attached hydrogens (primary N) is 1. The fraction of sp³-hybridized carbons (Fsp3) is 0.417. The molecule has 1 unspecified atom stereocenters. The average molecular weight is 236 g/mol. The molecule has 0 aliphatic carbocycles. The molecule has 0 aliphatic rings. The summed E-state index contributed by atoms with van der Waals surface area (Å²) in [5, 5.41) is 0. The SMILES string of the molecule is COCCC(N)c1nc2ccc(OC)cc2o1. The van der Waals surface area contributed by atoms with E-state index in [0.717, 1.165) is 11.3 Å². The smallest absolute Gasteiger partial charge is 0.212 e. The van der Waals surface area contributed by atoms with Crippen molar-refractivity contribution in [2.75, 3.05) is 20.8 Å². The Kier molecular flexibility index (Phi) is 3.61. The van der Waals surface area contributed by atoms with E-state index in [2.05, 4.69) is 4.98 Å². The quantitative estimate of drug-likeness (QED) is 0.858. The van der Waals surface area contributed by atoms with E-state index in [4.69, 9.17) is 19.6 Å². The lowest BCUT2D eigenvalue weighted by molar-refractivity contribution is 0.184. The van der Waals surface area contributed by atoms with Gasteiger partial charge >= 0.3 is 0 Å². The van der Waals surface area contributed by atoms with Crippen LogP contribution in [0.15, 0.2) is 22.6 Å². The van der Waals surface area contributed by atoms with Crippen molar-refractivity contribution in [1.82, 2.24) is 4.98 Å². The van der Waals surface area contributed by atoms with E-state index in [9.17, 15) is 0 Å². The van der Waals surface area contributed by atoms with Crippen LogP contribution >= 0.6 is 0 Å². The molecule has 0 saturated carbocycles. The molecule has 0 spiro atoms. The Morgan fingerprint density at radius 2 is 2.24 bits per heavy atom. The molecule has 17 heavy (non-hydrogen) atoms. The summed E-state index contributed by atoms with van der Waals surface area (Å²) in [6, 6.07) is 5.25. The molecule has 92 valence electrons. The summed E-state index contributed by atoms with van der Waals surface area (Å²) in [6.45, 7) is 0.587. The average Bonchev–Trinajstić information content (AvgIpc) is 2.78. The summed E-state index contributed by atoms with van der Waals surface area (Å²) in [7, 11) is 3.26. The number of rotatable bonds is 5. The highest BCUT2D eigenvalue weighted by molar-refractivity contribution is 5.74. The van der Waals surface area contributed by atoms with Gasteiger partial charge in [-0.05, 0) is 18.6 Å². The molecule has 5 nitrogen and oxygen atoms in total. The zero-order valence-electron chi connectivity index (χ0n) is 9.97. The van der Waals surface area contributed by atoms with Gasteiger partial charge in [0.2, 0.25) is 5.89 Å². The summed E-state index contributed by atoms with van der Waals surface area (Å²) < 4.78 is 15.7. The number of oxazole rings is 1. The molecule has 2 rings (SSSR count). The van der Waals surface area contributed by atoms with Gasteiger partial charge in [0.1, 0.15) is 11.3 Å². The van der Waals surface area contributed by atoms with Gasteiger partial charge in [-0.1, -0.05) is 0 Å². The predicted molar refractivity (Wildman–Crippen MR) is 64.0 cm³/mol. The first-order chi connectivity index (χ1) is 8.24. The van der Waals surface area contributed by atoms with Gasteiger partial charge in [0, 0.05) is 19.8 Å². The zero-order valence-corrected chi connectivity index (χ0v) is 9.97. The first-order valence-electron chi connectivity index (χ1n) is 5.43. The highest BCUT2D eigenvalue weighted by Gasteiger charge is 2.14. The van der Waals surface area contributed by atoms with Gasteiger partial charge in [-0.2, -0.15) is 0 Å². The summed E-state index contributed by atoms with van der Waals surface area (Å²) in [5.41, 5.74) is 7.42. The third kappa shape index (κ3) is 2.57. The van der Waals surface area contributed by atoms with Gasteiger partial charge in [0.15, 0.2) is 5.58 Å². The van der Waals surface area contributed by atoms with Crippen molar-refractivity contribution in [3.05, 3.63) is 24.1 Å². The zero-order chi connectivity index (χ0) is 12.3. The number of hydrogen-bond donors (Lipinski definition) is 1. The first kappa shape index (κ1) is 11.9. The van der Waals surface area contributed by atoms with E-state index in [-0.39, 0.29) is 6.04 Å². The number of aromatic nitrogens is 1. The highest BCUT2D eigenvalue weighted by atomic mass is 16.5. The fourth-order valence-corrected chi connectivity index (χ4v) is 1.58. The van der Waals surface area contributed by atoms with Crippen LogP contribution in [-0.2, 0) is 4.74 Å². The minimum atomic E-state index is -0.242. The predicted octanol–water partition coefficient (Wildman–Crippen LogP) is 1.87. The van der Waals surface area contributed by atoms with Crippen LogP contribution in [0.5, 0.6) is 5.75 Å². The summed E-state index contributed by atoms with van der Waals surface area (Å²) in [6.07, 6.45) is 0.681. The van der Waals surface area contributed by atoms with Crippen LogP contribution in [0.1, 0.15) is 18.4 Å². The number of benzene rings is 1. The third-order valence-corrected chi connectivity index (χ3v) is 2.56. The molecule has 0 amide bonds. The van der Waals surface area contributed by atoms with Crippen molar-refractivity contribution in [2.45, 2.75) is 12.5 Å². The van der Waals surface area contributed by atoms with E-state index >= 15 is 0 Å². The highest BCUT2D eigenvalue weighted by Crippen LogP contribution is 2.24. The Morgan fingerprint density at radius 1 is 1.41 bits per heavy atom. The van der Waals surface area contributed by atoms with Crippen molar-refractivity contribution in [3.63, 3.8) is 0 Å². The monoisotopic (exact) mass is 236 g/mol. The van der Waals surface area contributed by atoms with Gasteiger partial charge in [-0.25, -0.2) is 4.98 Å². The molecule has 1 atom stereocenters. The second-order valence-electron chi connectivity index (χ2n) is 3.77. The standard InChI is InChI=1S/C12H16N2O3/c1-15-6-5-9(13)12-14-10-4-3-8(16-2)7-11(10)17-12/h3-4,7,9H,5-6,13H2,1-2H3. The van der Waals surface area contributed by atoms with Crippen LogP contribution in [0.2, 0.25) is 0 Å². The number of hydrogen-bond acceptors (Lipinski definition) is 5. The molecule has 1 heterocycles. The Hall–Kier alpha value is -1.59. The number of methoxy groups -OCH3 is 2. The Bertz CT molecular complexity index is 495. The van der Waals surface area contributed by atoms with Crippen LogP contribution in [0.4, 0.5) is 0 Å². The third-order valence-electron chi connectivity index (χ3n) is 2.56. The van der Waals surface area contributed by atoms with Crippen molar-refractivity contribution >= 4 is 11.1 Å². The van der Waals surface area contributed by atoms with E-state index in [1.54, 1.807) is 20.3 Å². The van der Waals surface area contributed by atoms with E-state index in [0.29, 0.717) is 24.5 Å². The first-order valence-corrected chi connectivity index (χ1v) is 5.43. The summed E-state index contributed by atoms with van der Waals surface area (Å²) in [4.78, 5) is 4.34. The van der Waals surface area contributed by atoms with Crippen LogP contribution in [0.3, 0.4) is 0 Å². The molecular formula is C12H16N2O3. The lowest BCUT2D eigenvalue weighted by Gasteiger charge is -2.05. The fourth-order valence-electron chi connectivity index (χ4n) is 1.58. The normalized spacial score (nSPS) is 12.9. The van der Waals surface area contributed by atoms with E-state index in [1.165, 1.54) is 0 Å². The Balaban J connectivity index is 2.24. The maximum absolute atomic E-state index is 5.95. The van der Waals surface area contributed by atoms with Crippen LogP contribution < -0.4 is 10.5 Å². The molecule has 0 fully saturated rings. The largest absolute Gasteiger partial charge is 0.497 e. The molecule has 2 aromatic rings. The Labute approximate surface area is 99.5 Å². The molecule has 0 radical (unpaired) electrons. The molecule has 0 saturated heterocycles. The molecule has 5 heteroatoms. The van der Waals surface area contributed by atoms with Crippen LogP contribution in [0, 0.1) is 0 Å². The van der Waals surface area contributed by atoms with Crippen LogP contribution in [-0.4, -0.2) is 25.8 Å². The topological polar surface area (TPSA) is 70.5 Å². The number of nitrogens with zero attached hydrogens (tertiary/aromatic N) is 1. The maximum Gasteiger partial charge on any atom is 0.212 e. The van der Waals surface area contributed by atoms with Gasteiger partial charge < -0.3 is 19.6 Å². The second-order valence-corrected chi connectivity index (χ2v) is 3.77. The van der Waals surface area contributed by atoms with Gasteiger partial charge in [0.05, 0.1) is 13.2 Å². The minimum absolute atomic E-state index is 0.242. The molecule has 1 aromatic heterocycles. The van der Waals surface area contributed by atoms with Crippen molar-refractivity contribution < 1.29 is 13.9 Å². The van der Waals surface area contributed by atoms with Crippen molar-refractivity contribution in [1.29, 1.82) is 0 Å².